The zero-order chi connectivity index (χ0) is 35.8. The molecule has 1 aliphatic rings. The average Bonchev–Trinajstić information content (AvgIpc) is 3.03. The SMILES string of the molecule is CC(C)(C)[Si](C)(C)Oc1cccc(-c2ccc([C@@H]3[C@@H](CC[C@H](O[Si](C)(C)C(C)(C)C)c4ccc(F)cc4)C(=O)N3c3ccccc3)cc2)c1. The molecule has 5 rings (SSSR count). The van der Waals surface area contributed by atoms with Crippen molar-refractivity contribution in [2.24, 2.45) is 5.92 Å². The van der Waals surface area contributed by atoms with E-state index < -0.39 is 16.6 Å². The molecule has 4 nitrogen and oxygen atoms in total. The molecule has 0 radical (unpaired) electrons. The molecule has 4 aromatic carbocycles. The number of carbonyl (C=O) groups is 1. The minimum atomic E-state index is -2.15. The van der Waals surface area contributed by atoms with E-state index in [1.54, 1.807) is 0 Å². The highest BCUT2D eigenvalue weighted by Crippen LogP contribution is 2.48. The van der Waals surface area contributed by atoms with Crippen molar-refractivity contribution in [3.05, 3.63) is 120 Å². The molecule has 1 saturated heterocycles. The largest absolute Gasteiger partial charge is 0.543 e. The molecule has 1 heterocycles. The Labute approximate surface area is 295 Å². The minimum Gasteiger partial charge on any atom is -0.543 e. The number of halogens is 1. The van der Waals surface area contributed by atoms with E-state index in [1.165, 1.54) is 12.1 Å². The molecule has 4 aromatic rings. The number of amides is 1. The maximum absolute atomic E-state index is 13.9. The Bertz CT molecular complexity index is 1730. The van der Waals surface area contributed by atoms with Crippen LogP contribution in [0.1, 0.15) is 77.7 Å². The third-order valence-corrected chi connectivity index (χ3v) is 19.9. The van der Waals surface area contributed by atoms with Crippen LogP contribution in [-0.4, -0.2) is 22.5 Å². The molecule has 7 heteroatoms. The first-order valence-electron chi connectivity index (χ1n) is 17.6. The molecular weight excluding hydrogens is 642 g/mol. The number of nitrogens with zero attached hydrogens (tertiary/aromatic N) is 1. The van der Waals surface area contributed by atoms with Crippen LogP contribution in [0, 0.1) is 11.7 Å². The van der Waals surface area contributed by atoms with E-state index in [4.69, 9.17) is 8.85 Å². The second-order valence-corrected chi connectivity index (χ2v) is 26.1. The fourth-order valence-electron chi connectivity index (χ4n) is 5.98. The van der Waals surface area contributed by atoms with Crippen molar-refractivity contribution in [1.29, 1.82) is 0 Å². The number of anilines is 1. The summed E-state index contributed by atoms with van der Waals surface area (Å²) < 4.78 is 27.5. The van der Waals surface area contributed by atoms with Crippen molar-refractivity contribution in [2.45, 2.75) is 103 Å². The highest BCUT2D eigenvalue weighted by atomic mass is 28.4. The lowest BCUT2D eigenvalue weighted by Gasteiger charge is -2.48. The zero-order valence-electron chi connectivity index (χ0n) is 31.0. The van der Waals surface area contributed by atoms with Gasteiger partial charge in [0.25, 0.3) is 0 Å². The first-order valence-corrected chi connectivity index (χ1v) is 23.4. The molecular formula is C42H54FNO3Si2. The Balaban J connectivity index is 1.41. The van der Waals surface area contributed by atoms with Gasteiger partial charge in [0.15, 0.2) is 8.32 Å². The normalized spacial score (nSPS) is 17.9. The van der Waals surface area contributed by atoms with Gasteiger partial charge in [-0.15, -0.1) is 0 Å². The van der Waals surface area contributed by atoms with E-state index in [2.05, 4.69) is 116 Å². The molecule has 0 spiro atoms. The van der Waals surface area contributed by atoms with Crippen molar-refractivity contribution in [2.75, 3.05) is 4.90 Å². The number of β-lactam (4-membered cyclic amide) rings is 1. The summed E-state index contributed by atoms with van der Waals surface area (Å²) >= 11 is 0. The summed E-state index contributed by atoms with van der Waals surface area (Å²) in [5.41, 5.74) is 5.18. The quantitative estimate of drug-likeness (QED) is 0.116. The molecule has 0 unspecified atom stereocenters. The van der Waals surface area contributed by atoms with E-state index in [1.807, 2.05) is 47.4 Å². The average molecular weight is 696 g/mol. The van der Waals surface area contributed by atoms with Crippen LogP contribution in [-0.2, 0) is 9.22 Å². The lowest BCUT2D eigenvalue weighted by molar-refractivity contribution is -0.131. The Kier molecular flexibility index (Phi) is 10.5. The zero-order valence-corrected chi connectivity index (χ0v) is 33.0. The highest BCUT2D eigenvalue weighted by molar-refractivity contribution is 6.75. The Morgan fingerprint density at radius 3 is 1.94 bits per heavy atom. The minimum absolute atomic E-state index is 0.0162. The van der Waals surface area contributed by atoms with Gasteiger partial charge in [0, 0.05) is 5.69 Å². The number of para-hydroxylation sites is 1. The van der Waals surface area contributed by atoms with Crippen LogP contribution in [0.2, 0.25) is 36.3 Å². The molecule has 260 valence electrons. The van der Waals surface area contributed by atoms with Crippen molar-refractivity contribution in [3.8, 4) is 16.9 Å². The lowest BCUT2D eigenvalue weighted by Crippen LogP contribution is -2.55. The van der Waals surface area contributed by atoms with Crippen molar-refractivity contribution >= 4 is 28.2 Å². The fraction of sp³-hybridized carbons (Fsp3) is 0.405. The van der Waals surface area contributed by atoms with Gasteiger partial charge in [0.05, 0.1) is 18.1 Å². The highest BCUT2D eigenvalue weighted by Gasteiger charge is 2.49. The maximum atomic E-state index is 13.9. The predicted octanol–water partition coefficient (Wildman–Crippen LogP) is 12.1. The van der Waals surface area contributed by atoms with Crippen LogP contribution in [0.4, 0.5) is 10.1 Å². The van der Waals surface area contributed by atoms with Crippen LogP contribution in [0.15, 0.2) is 103 Å². The summed E-state index contributed by atoms with van der Waals surface area (Å²) in [5, 5.41) is 0.129. The molecule has 0 bridgehead atoms. The third kappa shape index (κ3) is 8.11. The lowest BCUT2D eigenvalue weighted by atomic mass is 9.78. The van der Waals surface area contributed by atoms with Gasteiger partial charge in [0.2, 0.25) is 14.2 Å². The van der Waals surface area contributed by atoms with Crippen LogP contribution < -0.4 is 9.33 Å². The number of rotatable bonds is 11. The van der Waals surface area contributed by atoms with Gasteiger partial charge in [-0.3, -0.25) is 4.79 Å². The van der Waals surface area contributed by atoms with Gasteiger partial charge in [-0.25, -0.2) is 4.39 Å². The van der Waals surface area contributed by atoms with Crippen LogP contribution in [0.25, 0.3) is 11.1 Å². The van der Waals surface area contributed by atoms with Gasteiger partial charge in [-0.05, 0) is 108 Å². The summed E-state index contributed by atoms with van der Waals surface area (Å²) in [5.74, 6) is 0.573. The Morgan fingerprint density at radius 1 is 0.735 bits per heavy atom. The number of carbonyl (C=O) groups excluding carboxylic acids is 1. The summed E-state index contributed by atoms with van der Waals surface area (Å²) in [6, 6.07) is 33.5. The van der Waals surface area contributed by atoms with Gasteiger partial charge in [0.1, 0.15) is 11.6 Å². The van der Waals surface area contributed by atoms with E-state index in [0.717, 1.165) is 33.7 Å². The van der Waals surface area contributed by atoms with Gasteiger partial charge >= 0.3 is 0 Å². The topological polar surface area (TPSA) is 38.8 Å². The monoisotopic (exact) mass is 695 g/mol. The van der Waals surface area contributed by atoms with E-state index >= 15 is 0 Å². The molecule has 0 aromatic heterocycles. The number of hydrogen-bond donors (Lipinski definition) is 0. The first kappa shape index (κ1) is 36.7. The van der Waals surface area contributed by atoms with Gasteiger partial charge in [-0.2, -0.15) is 0 Å². The number of benzene rings is 4. The van der Waals surface area contributed by atoms with Gasteiger partial charge < -0.3 is 13.8 Å². The Morgan fingerprint density at radius 2 is 1.35 bits per heavy atom. The summed E-state index contributed by atoms with van der Waals surface area (Å²) in [6.07, 6.45) is 1.12. The molecule has 1 fully saturated rings. The molecule has 0 N–H and O–H groups in total. The van der Waals surface area contributed by atoms with Gasteiger partial charge in [-0.1, -0.05) is 108 Å². The van der Waals surface area contributed by atoms with E-state index in [-0.39, 0.29) is 39.9 Å². The third-order valence-electron chi connectivity index (χ3n) is 11.1. The molecule has 1 aliphatic heterocycles. The summed E-state index contributed by atoms with van der Waals surface area (Å²) in [4.78, 5) is 15.9. The smallest absolute Gasteiger partial charge is 0.250 e. The van der Waals surface area contributed by atoms with Crippen molar-refractivity contribution < 1.29 is 18.0 Å². The standard InChI is InChI=1S/C42H54FNO3Si2/c1-41(2,3)48(7,8)46-36-18-14-15-33(29-36)30-19-21-32(22-20-30)39-37(40(45)44(39)35-16-12-11-13-17-35)27-28-38(31-23-25-34(43)26-24-31)47-49(9,10)42(4,5)6/h11-26,29,37-39H,27-28H2,1-10H3/t37-,38+,39-/m1/s1. The first-order chi connectivity index (χ1) is 22.9. The molecule has 0 saturated carbocycles. The van der Waals surface area contributed by atoms with Crippen molar-refractivity contribution in [1.82, 2.24) is 0 Å². The summed E-state index contributed by atoms with van der Waals surface area (Å²) in [7, 11) is -4.12. The maximum Gasteiger partial charge on any atom is 0.250 e. The summed E-state index contributed by atoms with van der Waals surface area (Å²) in [6.45, 7) is 22.5. The second kappa shape index (κ2) is 14.0. The van der Waals surface area contributed by atoms with Crippen LogP contribution in [0.5, 0.6) is 5.75 Å². The Hall–Kier alpha value is -3.53. The second-order valence-electron chi connectivity index (χ2n) is 16.6. The van der Waals surface area contributed by atoms with Crippen LogP contribution >= 0.6 is 0 Å². The molecule has 49 heavy (non-hydrogen) atoms. The predicted molar refractivity (Wildman–Crippen MR) is 207 cm³/mol. The van der Waals surface area contributed by atoms with E-state index in [9.17, 15) is 9.18 Å². The molecule has 1 amide bonds. The number of hydrogen-bond acceptors (Lipinski definition) is 3. The molecule has 0 aliphatic carbocycles. The fourth-order valence-corrected chi connectivity index (χ4v) is 8.32. The van der Waals surface area contributed by atoms with Crippen LogP contribution in [0.3, 0.4) is 0 Å². The van der Waals surface area contributed by atoms with E-state index in [0.29, 0.717) is 12.8 Å². The molecule has 3 atom stereocenters. The van der Waals surface area contributed by atoms with Crippen molar-refractivity contribution in [3.63, 3.8) is 0 Å².